The molecule has 2 amide bonds. The van der Waals surface area contributed by atoms with Gasteiger partial charge in [0.25, 0.3) is 0 Å². The number of piperidine rings is 2. The molecular weight excluding hydrogens is 513 g/mol. The van der Waals surface area contributed by atoms with Crippen molar-refractivity contribution in [1.82, 2.24) is 9.80 Å². The third-order valence-electron chi connectivity index (χ3n) is 11.0. The average Bonchev–Trinajstić information content (AvgIpc) is 3.46. The van der Waals surface area contributed by atoms with Crippen LogP contribution in [0.5, 0.6) is 0 Å². The van der Waals surface area contributed by atoms with Gasteiger partial charge in [-0.1, -0.05) is 0 Å². The van der Waals surface area contributed by atoms with Crippen molar-refractivity contribution in [1.29, 1.82) is 5.26 Å². The Hall–Kier alpha value is -2.35. The van der Waals surface area contributed by atoms with Gasteiger partial charge in [0.1, 0.15) is 6.04 Å². The number of carboxylic acid groups (broad SMARTS) is 1. The van der Waals surface area contributed by atoms with Crippen LogP contribution in [0.4, 0.5) is 13.2 Å². The summed E-state index contributed by atoms with van der Waals surface area (Å²) in [5.74, 6) is 0.708. The lowest BCUT2D eigenvalue weighted by Crippen LogP contribution is -2.60. The molecule has 5 aliphatic carbocycles. The van der Waals surface area contributed by atoms with Crippen LogP contribution in [-0.4, -0.2) is 69.1 Å². The van der Waals surface area contributed by atoms with Gasteiger partial charge in [0.2, 0.25) is 11.8 Å². The topological polar surface area (TPSA) is 128 Å². The van der Waals surface area contributed by atoms with Crippen LogP contribution in [0.1, 0.15) is 77.0 Å². The average molecular weight is 551 g/mol. The number of alkyl halides is 3. The Morgan fingerprint density at radius 3 is 1.87 bits per heavy atom. The first-order valence-corrected chi connectivity index (χ1v) is 14.5. The van der Waals surface area contributed by atoms with Crippen LogP contribution >= 0.6 is 0 Å². The van der Waals surface area contributed by atoms with E-state index >= 15 is 0 Å². The van der Waals surface area contributed by atoms with E-state index in [9.17, 15) is 28.0 Å². The van der Waals surface area contributed by atoms with Crippen molar-refractivity contribution in [3.05, 3.63) is 0 Å². The molecule has 0 spiro atoms. The van der Waals surface area contributed by atoms with Crippen molar-refractivity contribution in [2.75, 3.05) is 0 Å². The van der Waals surface area contributed by atoms with Gasteiger partial charge in [-0.15, -0.1) is 0 Å². The van der Waals surface area contributed by atoms with E-state index in [4.69, 9.17) is 15.6 Å². The largest absolute Gasteiger partial charge is 0.490 e. The summed E-state index contributed by atoms with van der Waals surface area (Å²) in [4.78, 5) is 40.4. The molecule has 0 radical (unpaired) electrons. The van der Waals surface area contributed by atoms with E-state index in [0.717, 1.165) is 75.5 Å². The minimum atomic E-state index is -5.08. The molecule has 8 fully saturated rings. The first-order valence-electron chi connectivity index (χ1n) is 14.5. The van der Waals surface area contributed by atoms with Crippen molar-refractivity contribution in [3.63, 3.8) is 0 Å². The predicted molar refractivity (Wildman–Crippen MR) is 131 cm³/mol. The fourth-order valence-electron chi connectivity index (χ4n) is 9.75. The summed E-state index contributed by atoms with van der Waals surface area (Å²) in [6.45, 7) is 0. The van der Waals surface area contributed by atoms with Crippen LogP contribution < -0.4 is 5.73 Å². The first kappa shape index (κ1) is 26.9. The highest BCUT2D eigenvalue weighted by molar-refractivity contribution is 5.85. The fraction of sp³-hybridized carbons (Fsp3) is 0.857. The van der Waals surface area contributed by atoms with Gasteiger partial charge >= 0.3 is 12.1 Å². The molecule has 214 valence electrons. The SMILES string of the molecule is N#C[C@@H]1C[C@@H]2C[C@@H]2N1C(=O)[C@@H](N)C1CC2CCC(C1)N2C(=O)C12CC3CC(CC(C3)C1)C2.O=C(O)C(F)(F)F. The number of carbonyl (C=O) groups is 3. The molecule has 39 heavy (non-hydrogen) atoms. The maximum absolute atomic E-state index is 14.0. The van der Waals surface area contributed by atoms with Gasteiger partial charge in [-0.25, -0.2) is 4.79 Å². The van der Waals surface area contributed by atoms with E-state index in [2.05, 4.69) is 11.0 Å². The van der Waals surface area contributed by atoms with E-state index in [-0.39, 0.29) is 41.4 Å². The van der Waals surface area contributed by atoms with E-state index in [0.29, 0.717) is 11.8 Å². The lowest BCUT2D eigenvalue weighted by molar-refractivity contribution is -0.192. The summed E-state index contributed by atoms with van der Waals surface area (Å²) in [6.07, 6.45) is 8.10. The molecule has 0 aromatic rings. The quantitative estimate of drug-likeness (QED) is 0.554. The highest BCUT2D eigenvalue weighted by Crippen LogP contribution is 2.61. The third-order valence-corrected chi connectivity index (χ3v) is 11.0. The van der Waals surface area contributed by atoms with Gasteiger partial charge in [0, 0.05) is 18.1 Å². The molecule has 2 unspecified atom stereocenters. The first-order chi connectivity index (χ1) is 18.4. The molecule has 3 aliphatic heterocycles. The highest BCUT2D eigenvalue weighted by Gasteiger charge is 2.59. The predicted octanol–water partition coefficient (Wildman–Crippen LogP) is 3.45. The summed E-state index contributed by atoms with van der Waals surface area (Å²) in [7, 11) is 0. The van der Waals surface area contributed by atoms with Gasteiger partial charge in [0.05, 0.1) is 17.5 Å². The molecule has 8 rings (SSSR count). The number of nitriles is 1. The van der Waals surface area contributed by atoms with Gasteiger partial charge in [-0.3, -0.25) is 9.59 Å². The highest BCUT2D eigenvalue weighted by atomic mass is 19.4. The molecular formula is C28H37F3N4O4. The number of amides is 2. The zero-order valence-electron chi connectivity index (χ0n) is 22.0. The number of halogens is 3. The molecule has 3 N–H and O–H groups in total. The zero-order chi connectivity index (χ0) is 27.9. The maximum Gasteiger partial charge on any atom is 0.490 e. The molecule has 6 atom stereocenters. The van der Waals surface area contributed by atoms with Crippen LogP contribution in [0, 0.1) is 46.3 Å². The van der Waals surface area contributed by atoms with Crippen LogP contribution in [-0.2, 0) is 14.4 Å². The summed E-state index contributed by atoms with van der Waals surface area (Å²) in [5, 5.41) is 16.6. The van der Waals surface area contributed by atoms with Crippen LogP contribution in [0.25, 0.3) is 0 Å². The van der Waals surface area contributed by atoms with Crippen molar-refractivity contribution >= 4 is 17.8 Å². The number of hydrogen-bond donors (Lipinski definition) is 2. The zero-order valence-corrected chi connectivity index (χ0v) is 22.0. The van der Waals surface area contributed by atoms with Crippen LogP contribution in [0.15, 0.2) is 0 Å². The minimum absolute atomic E-state index is 0.00758. The van der Waals surface area contributed by atoms with Crippen LogP contribution in [0.3, 0.4) is 0 Å². The minimum Gasteiger partial charge on any atom is -0.475 e. The van der Waals surface area contributed by atoms with E-state index in [1.165, 1.54) is 19.3 Å². The molecule has 0 aromatic heterocycles. The molecule has 5 saturated carbocycles. The number of aliphatic carboxylic acids is 1. The molecule has 6 bridgehead atoms. The van der Waals surface area contributed by atoms with Crippen molar-refractivity contribution in [2.24, 2.45) is 40.7 Å². The Bertz CT molecular complexity index is 1040. The maximum atomic E-state index is 14.0. The summed E-state index contributed by atoms with van der Waals surface area (Å²) < 4.78 is 31.7. The number of carboxylic acids is 1. The Kier molecular flexibility index (Phi) is 6.44. The number of hydrogen-bond acceptors (Lipinski definition) is 5. The summed E-state index contributed by atoms with van der Waals surface area (Å²) in [5.41, 5.74) is 6.51. The number of rotatable bonds is 3. The van der Waals surface area contributed by atoms with E-state index in [1.807, 2.05) is 4.90 Å². The molecule has 0 aromatic carbocycles. The smallest absolute Gasteiger partial charge is 0.475 e. The summed E-state index contributed by atoms with van der Waals surface area (Å²) in [6, 6.07) is 2.30. The van der Waals surface area contributed by atoms with E-state index < -0.39 is 18.2 Å². The Morgan fingerprint density at radius 1 is 0.897 bits per heavy atom. The molecule has 11 heteroatoms. The van der Waals surface area contributed by atoms with Gasteiger partial charge in [0.15, 0.2) is 0 Å². The number of fused-ring (bicyclic) bond motifs is 3. The standard InChI is InChI=1S/C26H36N4O2.C2HF3O2/c27-13-21-6-17-9-22(17)30(21)24(31)23(28)18-7-19-1-2-20(8-18)29(19)25(32)26-10-14-3-15(11-26)5-16(4-14)12-26;3-2(4,5)1(6)7/h14-23H,1-12,28H2;(H,6,7)/t14?,15?,16?,17-,18?,19?,20?,21+,22+,23+,26?;/m1./s1. The van der Waals surface area contributed by atoms with Gasteiger partial charge in [-0.05, 0) is 107 Å². The Labute approximate surface area is 226 Å². The summed E-state index contributed by atoms with van der Waals surface area (Å²) >= 11 is 0. The third kappa shape index (κ3) is 4.60. The van der Waals surface area contributed by atoms with Gasteiger partial charge < -0.3 is 20.6 Å². The lowest BCUT2D eigenvalue weighted by Gasteiger charge is -2.57. The second kappa shape index (κ2) is 9.35. The van der Waals surface area contributed by atoms with Crippen molar-refractivity contribution < 1.29 is 32.7 Å². The van der Waals surface area contributed by atoms with Crippen molar-refractivity contribution in [2.45, 2.75) is 113 Å². The number of likely N-dealkylation sites (tertiary alicyclic amines) is 1. The van der Waals surface area contributed by atoms with Gasteiger partial charge in [-0.2, -0.15) is 18.4 Å². The van der Waals surface area contributed by atoms with E-state index in [1.54, 1.807) is 0 Å². The Balaban J connectivity index is 0.000000353. The molecule has 3 saturated heterocycles. The molecule has 3 heterocycles. The second-order valence-corrected chi connectivity index (χ2v) is 13.5. The number of nitrogens with zero attached hydrogens (tertiary/aromatic N) is 3. The fourth-order valence-corrected chi connectivity index (χ4v) is 9.75. The second-order valence-electron chi connectivity index (χ2n) is 13.5. The normalized spacial score (nSPS) is 43.7. The number of carbonyl (C=O) groups excluding carboxylic acids is 2. The van der Waals surface area contributed by atoms with Crippen LogP contribution in [0.2, 0.25) is 0 Å². The Morgan fingerprint density at radius 2 is 1.41 bits per heavy atom. The molecule has 8 aliphatic rings. The molecule has 8 nitrogen and oxygen atoms in total. The lowest BCUT2D eigenvalue weighted by atomic mass is 9.49. The van der Waals surface area contributed by atoms with Crippen molar-refractivity contribution in [3.8, 4) is 6.07 Å². The monoisotopic (exact) mass is 550 g/mol. The number of nitrogens with two attached hydrogens (primary N) is 1.